The number of aliphatic carboxylic acids is 1. The maximum absolute atomic E-state index is 10.8. The van der Waals surface area contributed by atoms with Crippen molar-refractivity contribution < 1.29 is 14.4 Å². The highest BCUT2D eigenvalue weighted by Gasteiger charge is 2.17. The quantitative estimate of drug-likeness (QED) is 0.860. The van der Waals surface area contributed by atoms with Crippen LogP contribution in [0.5, 0.6) is 0 Å². The molecule has 0 saturated carbocycles. The van der Waals surface area contributed by atoms with Crippen molar-refractivity contribution in [3.8, 4) is 0 Å². The molecule has 0 aliphatic rings. The zero-order valence-electron chi connectivity index (χ0n) is 9.23. The molecule has 0 spiro atoms. The van der Waals surface area contributed by atoms with Crippen molar-refractivity contribution in [2.75, 3.05) is 0 Å². The van der Waals surface area contributed by atoms with Gasteiger partial charge in [0.2, 0.25) is 0 Å². The molecule has 1 heterocycles. The fourth-order valence-corrected chi connectivity index (χ4v) is 1.67. The van der Waals surface area contributed by atoms with Gasteiger partial charge in [-0.25, -0.2) is 0 Å². The summed E-state index contributed by atoms with van der Waals surface area (Å²) in [6.45, 7) is 3.61. The lowest BCUT2D eigenvalue weighted by atomic mass is 10.0. The van der Waals surface area contributed by atoms with E-state index in [1.807, 2.05) is 25.1 Å². The predicted molar refractivity (Wildman–Crippen MR) is 59.2 cm³/mol. The predicted octanol–water partition coefficient (Wildman–Crippen LogP) is 2.40. The first-order valence-corrected chi connectivity index (χ1v) is 5.16. The Bertz CT molecular complexity index is 530. The Morgan fingerprint density at radius 3 is 3.00 bits per heavy atom. The van der Waals surface area contributed by atoms with Gasteiger partial charge in [-0.1, -0.05) is 24.2 Å². The van der Waals surface area contributed by atoms with E-state index < -0.39 is 11.9 Å². The summed E-state index contributed by atoms with van der Waals surface area (Å²) < 4.78 is 5.20. The molecule has 0 amide bonds. The molecular formula is C12H13NO3. The van der Waals surface area contributed by atoms with Crippen LogP contribution in [-0.2, 0) is 11.2 Å². The number of hydrogen-bond donors (Lipinski definition) is 1. The van der Waals surface area contributed by atoms with Gasteiger partial charge in [0.15, 0.2) is 0 Å². The molecule has 4 heteroatoms. The Balaban J connectivity index is 2.39. The molecule has 1 aromatic carbocycles. The highest BCUT2D eigenvalue weighted by molar-refractivity contribution is 5.83. The van der Waals surface area contributed by atoms with E-state index in [1.165, 1.54) is 0 Å². The monoisotopic (exact) mass is 219 g/mol. The number of carboxylic acid groups (broad SMARTS) is 1. The maximum Gasteiger partial charge on any atom is 0.306 e. The van der Waals surface area contributed by atoms with E-state index in [1.54, 1.807) is 6.92 Å². The number of aromatic nitrogens is 1. The summed E-state index contributed by atoms with van der Waals surface area (Å²) in [4.78, 5) is 10.8. The van der Waals surface area contributed by atoms with Crippen molar-refractivity contribution in [2.24, 2.45) is 5.92 Å². The van der Waals surface area contributed by atoms with E-state index in [-0.39, 0.29) is 0 Å². The number of rotatable bonds is 3. The Hall–Kier alpha value is -1.84. The van der Waals surface area contributed by atoms with Crippen LogP contribution in [0.15, 0.2) is 22.7 Å². The third-order valence-electron chi connectivity index (χ3n) is 2.70. The maximum atomic E-state index is 10.8. The molecule has 1 unspecified atom stereocenters. The molecule has 0 saturated heterocycles. The normalized spacial score (nSPS) is 12.9. The van der Waals surface area contributed by atoms with Gasteiger partial charge < -0.3 is 9.63 Å². The van der Waals surface area contributed by atoms with Gasteiger partial charge in [-0.3, -0.25) is 4.79 Å². The number of benzene rings is 1. The summed E-state index contributed by atoms with van der Waals surface area (Å²) >= 11 is 0. The second-order valence-corrected chi connectivity index (χ2v) is 4.02. The van der Waals surface area contributed by atoms with Crippen LogP contribution in [0.3, 0.4) is 0 Å². The van der Waals surface area contributed by atoms with E-state index in [0.717, 1.165) is 16.5 Å². The number of fused-ring (bicyclic) bond motifs is 1. The summed E-state index contributed by atoms with van der Waals surface area (Å²) in [6.07, 6.45) is 0.370. The fraction of sp³-hybridized carbons (Fsp3) is 0.333. The molecule has 1 aromatic heterocycles. The molecule has 0 fully saturated rings. The highest BCUT2D eigenvalue weighted by atomic mass is 16.5. The van der Waals surface area contributed by atoms with Gasteiger partial charge in [-0.05, 0) is 18.6 Å². The molecule has 4 nitrogen and oxygen atoms in total. The molecule has 1 N–H and O–H groups in total. The van der Waals surface area contributed by atoms with Crippen LogP contribution in [0.25, 0.3) is 10.9 Å². The van der Waals surface area contributed by atoms with Crippen LogP contribution in [-0.4, -0.2) is 16.2 Å². The lowest BCUT2D eigenvalue weighted by Gasteiger charge is -2.02. The molecular weight excluding hydrogens is 206 g/mol. The standard InChI is InChI=1S/C12H13NO3/c1-7-4-3-5-9-10(16-13-11(7)9)6-8(2)12(14)15/h3-5,8H,6H2,1-2H3,(H,14,15). The zero-order valence-corrected chi connectivity index (χ0v) is 9.23. The first-order valence-electron chi connectivity index (χ1n) is 5.16. The lowest BCUT2D eigenvalue weighted by Crippen LogP contribution is -2.11. The fourth-order valence-electron chi connectivity index (χ4n) is 1.67. The first kappa shape index (κ1) is 10.7. The van der Waals surface area contributed by atoms with Crippen molar-refractivity contribution in [3.05, 3.63) is 29.5 Å². The van der Waals surface area contributed by atoms with Gasteiger partial charge in [0.05, 0.1) is 5.92 Å². The number of aryl methyl sites for hydroxylation is 1. The summed E-state index contributed by atoms with van der Waals surface area (Å²) in [5.41, 5.74) is 1.85. The van der Waals surface area contributed by atoms with Gasteiger partial charge in [-0.15, -0.1) is 0 Å². The minimum Gasteiger partial charge on any atom is -0.481 e. The zero-order chi connectivity index (χ0) is 11.7. The van der Waals surface area contributed by atoms with E-state index >= 15 is 0 Å². The minimum absolute atomic E-state index is 0.370. The summed E-state index contributed by atoms with van der Waals surface area (Å²) in [7, 11) is 0. The van der Waals surface area contributed by atoms with Gasteiger partial charge in [0.25, 0.3) is 0 Å². The minimum atomic E-state index is -0.822. The van der Waals surface area contributed by atoms with Crippen molar-refractivity contribution >= 4 is 16.9 Å². The van der Waals surface area contributed by atoms with Gasteiger partial charge in [0, 0.05) is 11.8 Å². The lowest BCUT2D eigenvalue weighted by molar-refractivity contribution is -0.141. The average Bonchev–Trinajstić information content (AvgIpc) is 2.63. The molecule has 2 rings (SSSR count). The number of nitrogens with zero attached hydrogens (tertiary/aromatic N) is 1. The molecule has 84 valence electrons. The summed E-state index contributed by atoms with van der Waals surface area (Å²) in [5, 5.41) is 13.7. The Kier molecular flexibility index (Phi) is 2.64. The van der Waals surface area contributed by atoms with Crippen molar-refractivity contribution in [1.29, 1.82) is 0 Å². The second-order valence-electron chi connectivity index (χ2n) is 4.02. The van der Waals surface area contributed by atoms with Crippen molar-refractivity contribution in [3.63, 3.8) is 0 Å². The van der Waals surface area contributed by atoms with E-state index in [0.29, 0.717) is 12.2 Å². The number of carbonyl (C=O) groups is 1. The van der Waals surface area contributed by atoms with E-state index in [4.69, 9.17) is 9.63 Å². The topological polar surface area (TPSA) is 63.3 Å². The largest absolute Gasteiger partial charge is 0.481 e. The molecule has 0 bridgehead atoms. The first-order chi connectivity index (χ1) is 7.59. The van der Waals surface area contributed by atoms with Gasteiger partial charge in [0.1, 0.15) is 11.3 Å². The van der Waals surface area contributed by atoms with Gasteiger partial charge in [-0.2, -0.15) is 0 Å². The second kappa shape index (κ2) is 3.96. The Morgan fingerprint density at radius 2 is 2.31 bits per heavy atom. The van der Waals surface area contributed by atoms with Crippen LogP contribution in [0, 0.1) is 12.8 Å². The third-order valence-corrected chi connectivity index (χ3v) is 2.70. The molecule has 1 atom stereocenters. The van der Waals surface area contributed by atoms with Crippen molar-refractivity contribution in [1.82, 2.24) is 5.16 Å². The SMILES string of the molecule is Cc1cccc2c(CC(C)C(=O)O)onc12. The molecule has 16 heavy (non-hydrogen) atoms. The van der Waals surface area contributed by atoms with Crippen LogP contribution in [0.4, 0.5) is 0 Å². The molecule has 0 aliphatic heterocycles. The van der Waals surface area contributed by atoms with Gasteiger partial charge >= 0.3 is 5.97 Å². The summed E-state index contributed by atoms with van der Waals surface area (Å²) in [6, 6.07) is 5.78. The summed E-state index contributed by atoms with van der Waals surface area (Å²) in [5.74, 6) is -0.637. The number of carboxylic acids is 1. The Labute approximate surface area is 92.9 Å². The highest BCUT2D eigenvalue weighted by Crippen LogP contribution is 2.23. The number of hydrogen-bond acceptors (Lipinski definition) is 3. The van der Waals surface area contributed by atoms with E-state index in [2.05, 4.69) is 5.16 Å². The smallest absolute Gasteiger partial charge is 0.306 e. The van der Waals surface area contributed by atoms with E-state index in [9.17, 15) is 4.79 Å². The third kappa shape index (κ3) is 1.78. The van der Waals surface area contributed by atoms with Crippen LogP contribution in [0.2, 0.25) is 0 Å². The molecule has 2 aromatic rings. The van der Waals surface area contributed by atoms with Crippen LogP contribution >= 0.6 is 0 Å². The van der Waals surface area contributed by atoms with Crippen LogP contribution in [0.1, 0.15) is 18.2 Å². The molecule has 0 radical (unpaired) electrons. The van der Waals surface area contributed by atoms with Crippen molar-refractivity contribution in [2.45, 2.75) is 20.3 Å². The Morgan fingerprint density at radius 1 is 1.56 bits per heavy atom. The average molecular weight is 219 g/mol. The molecule has 0 aliphatic carbocycles. The van der Waals surface area contributed by atoms with Crippen LogP contribution < -0.4 is 0 Å².